The number of rotatable bonds is 7. The molecule has 6 aromatic rings. The summed E-state index contributed by atoms with van der Waals surface area (Å²) in [4.78, 5) is 17.0. The average molecular weight is 548 g/mol. The lowest BCUT2D eigenvalue weighted by molar-refractivity contribution is 0.276. The Morgan fingerprint density at radius 3 is 2.72 bits per heavy atom. The molecule has 5 aromatic heterocycles. The van der Waals surface area contributed by atoms with Gasteiger partial charge in [-0.25, -0.2) is 27.5 Å². The van der Waals surface area contributed by atoms with Gasteiger partial charge in [0.1, 0.15) is 11.3 Å². The van der Waals surface area contributed by atoms with Gasteiger partial charge < -0.3 is 10.1 Å². The quantitative estimate of drug-likeness (QED) is 0.237. The molecule has 0 saturated heterocycles. The third-order valence-electron chi connectivity index (χ3n) is 6.16. The van der Waals surface area contributed by atoms with E-state index in [1.54, 1.807) is 36.4 Å². The molecule has 0 amide bonds. The van der Waals surface area contributed by atoms with Crippen LogP contribution in [0.3, 0.4) is 0 Å². The summed E-state index contributed by atoms with van der Waals surface area (Å²) in [6.07, 6.45) is 6.02. The minimum absolute atomic E-state index is 0.0546. The highest BCUT2D eigenvalue weighted by Gasteiger charge is 2.19. The van der Waals surface area contributed by atoms with Gasteiger partial charge in [0.25, 0.3) is 0 Å². The number of pyridine rings is 2. The summed E-state index contributed by atoms with van der Waals surface area (Å²) in [6.45, 7) is -0.277. The Balaban J connectivity index is 1.44. The highest BCUT2D eigenvalue weighted by Crippen LogP contribution is 2.32. The highest BCUT2D eigenvalue weighted by molar-refractivity contribution is 7.88. The topological polar surface area (TPSA) is 167 Å². The van der Waals surface area contributed by atoms with E-state index in [0.29, 0.717) is 67.2 Å². The summed E-state index contributed by atoms with van der Waals surface area (Å²) in [5.74, 6) is -0.0858. The lowest BCUT2D eigenvalue weighted by Gasteiger charge is -2.07. The van der Waals surface area contributed by atoms with Gasteiger partial charge in [-0.05, 0) is 41.5 Å². The summed E-state index contributed by atoms with van der Waals surface area (Å²) in [5.41, 5.74) is 6.21. The van der Waals surface area contributed by atoms with Gasteiger partial charge in [0.05, 0.1) is 47.0 Å². The number of nitrogens with zero attached hydrogens (tertiary/aromatic N) is 6. The van der Waals surface area contributed by atoms with Crippen molar-refractivity contribution in [2.75, 3.05) is 6.26 Å². The number of fused-ring (bicyclic) bond motifs is 2. The molecule has 6 rings (SSSR count). The van der Waals surface area contributed by atoms with Crippen molar-refractivity contribution in [2.45, 2.75) is 13.2 Å². The van der Waals surface area contributed by atoms with Crippen LogP contribution in [0.5, 0.6) is 0 Å². The van der Waals surface area contributed by atoms with Gasteiger partial charge in [0, 0.05) is 37.1 Å². The zero-order valence-corrected chi connectivity index (χ0v) is 21.6. The first-order valence-corrected chi connectivity index (χ1v) is 13.6. The lowest BCUT2D eigenvalue weighted by atomic mass is 10.0. The Hall–Kier alpha value is -4.53. The van der Waals surface area contributed by atoms with E-state index in [1.807, 2.05) is 12.1 Å². The number of hydrogen-bond acceptors (Lipinski definition) is 8. The smallest absolute Gasteiger partial charge is 0.209 e. The first-order chi connectivity index (χ1) is 18.7. The number of H-pyrrole nitrogens is 2. The number of aryl methyl sites for hydroxylation is 1. The van der Waals surface area contributed by atoms with Crippen molar-refractivity contribution < 1.29 is 17.9 Å². The summed E-state index contributed by atoms with van der Waals surface area (Å²) in [7, 11) is -1.67. The number of aromatic amines is 2. The van der Waals surface area contributed by atoms with Crippen LogP contribution in [0.4, 0.5) is 4.39 Å². The number of sulfonamides is 1. The second-order valence-electron chi connectivity index (χ2n) is 9.10. The van der Waals surface area contributed by atoms with Crippen LogP contribution >= 0.6 is 0 Å². The molecule has 12 nitrogen and oxygen atoms in total. The number of hydrogen-bond donors (Lipinski definition) is 4. The average Bonchev–Trinajstić information content (AvgIpc) is 3.61. The fourth-order valence-corrected chi connectivity index (χ4v) is 4.89. The van der Waals surface area contributed by atoms with E-state index in [4.69, 9.17) is 9.97 Å². The zero-order valence-electron chi connectivity index (χ0n) is 20.8. The van der Waals surface area contributed by atoms with Gasteiger partial charge >= 0.3 is 0 Å². The Kier molecular flexibility index (Phi) is 5.94. The SMILES string of the molecule is Cn1cc(-c2ccc3[nH]nc(-c4nc5c(-c6cc(F)cc(CNS(C)(=O)=O)c6)cncc5[nH]4)c3n2)c(CO)n1. The van der Waals surface area contributed by atoms with Crippen molar-refractivity contribution in [2.24, 2.45) is 7.05 Å². The number of aromatic nitrogens is 8. The van der Waals surface area contributed by atoms with Crippen molar-refractivity contribution in [3.05, 3.63) is 66.0 Å². The van der Waals surface area contributed by atoms with Crippen LogP contribution in [0.2, 0.25) is 0 Å². The van der Waals surface area contributed by atoms with E-state index < -0.39 is 15.8 Å². The fourth-order valence-electron chi connectivity index (χ4n) is 4.46. The molecule has 0 fully saturated rings. The predicted octanol–water partition coefficient (Wildman–Crippen LogP) is 2.64. The zero-order chi connectivity index (χ0) is 27.3. The molecule has 0 unspecified atom stereocenters. The molecule has 0 spiro atoms. The summed E-state index contributed by atoms with van der Waals surface area (Å²) in [5, 5.41) is 21.4. The van der Waals surface area contributed by atoms with Crippen LogP contribution in [0.25, 0.3) is 56.0 Å². The number of aliphatic hydroxyl groups excluding tert-OH is 1. The molecule has 39 heavy (non-hydrogen) atoms. The summed E-state index contributed by atoms with van der Waals surface area (Å²) < 4.78 is 41.5. The molecule has 0 aliphatic rings. The molecule has 0 aliphatic carbocycles. The Labute approximate surface area is 221 Å². The number of halogens is 1. The Morgan fingerprint density at radius 2 is 1.92 bits per heavy atom. The van der Waals surface area contributed by atoms with E-state index in [-0.39, 0.29) is 13.2 Å². The maximum Gasteiger partial charge on any atom is 0.209 e. The van der Waals surface area contributed by atoms with Crippen LogP contribution < -0.4 is 4.72 Å². The predicted molar refractivity (Wildman–Crippen MR) is 142 cm³/mol. The second kappa shape index (κ2) is 9.34. The number of nitrogens with one attached hydrogen (secondary N) is 3. The summed E-state index contributed by atoms with van der Waals surface area (Å²) in [6, 6.07) is 7.97. The highest BCUT2D eigenvalue weighted by atomic mass is 32.2. The minimum atomic E-state index is -3.45. The van der Waals surface area contributed by atoms with Gasteiger partial charge in [-0.3, -0.25) is 14.8 Å². The molecule has 0 saturated carbocycles. The van der Waals surface area contributed by atoms with E-state index in [0.717, 1.165) is 6.26 Å². The lowest BCUT2D eigenvalue weighted by Crippen LogP contribution is -2.21. The normalized spacial score (nSPS) is 12.1. The van der Waals surface area contributed by atoms with Gasteiger partial charge in [0.15, 0.2) is 11.5 Å². The van der Waals surface area contributed by atoms with Gasteiger partial charge in [-0.15, -0.1) is 0 Å². The van der Waals surface area contributed by atoms with E-state index >= 15 is 0 Å². The number of imidazole rings is 1. The van der Waals surface area contributed by atoms with Crippen molar-refractivity contribution in [3.8, 4) is 33.9 Å². The molecule has 4 N–H and O–H groups in total. The molecule has 0 radical (unpaired) electrons. The fraction of sp³-hybridized carbons (Fsp3) is 0.160. The standard InChI is InChI=1S/C25H22FN9O3S/c1-35-11-17(21(12-36)34-35)18-3-4-19-23(29-18)24(33-32-19)25-30-20-10-27-9-16(22(20)31-25)14-5-13(6-15(26)7-14)8-28-39(2,37)38/h3-7,9-11,28,36H,8,12H2,1-2H3,(H,30,31)(H,32,33). The monoisotopic (exact) mass is 547 g/mol. The maximum atomic E-state index is 14.5. The first kappa shape index (κ1) is 24.8. The maximum absolute atomic E-state index is 14.5. The minimum Gasteiger partial charge on any atom is -0.390 e. The van der Waals surface area contributed by atoms with Crippen LogP contribution in [-0.2, 0) is 30.2 Å². The third kappa shape index (κ3) is 4.76. The number of benzene rings is 1. The molecule has 0 bridgehead atoms. The van der Waals surface area contributed by atoms with Gasteiger partial charge in [-0.1, -0.05) is 0 Å². The van der Waals surface area contributed by atoms with Gasteiger partial charge in [-0.2, -0.15) is 10.2 Å². The van der Waals surface area contributed by atoms with Crippen LogP contribution in [-0.4, -0.2) is 59.7 Å². The molecule has 5 heterocycles. The largest absolute Gasteiger partial charge is 0.390 e. The molecule has 198 valence electrons. The van der Waals surface area contributed by atoms with Crippen LogP contribution in [0, 0.1) is 5.82 Å². The van der Waals surface area contributed by atoms with Crippen molar-refractivity contribution in [1.82, 2.24) is 44.6 Å². The van der Waals surface area contributed by atoms with Gasteiger partial charge in [0.2, 0.25) is 10.0 Å². The van der Waals surface area contributed by atoms with E-state index in [2.05, 4.69) is 30.0 Å². The Morgan fingerprint density at radius 1 is 1.08 bits per heavy atom. The molecular formula is C25H22FN9O3S. The van der Waals surface area contributed by atoms with Crippen molar-refractivity contribution in [3.63, 3.8) is 0 Å². The number of aliphatic hydroxyl groups is 1. The second-order valence-corrected chi connectivity index (χ2v) is 10.9. The van der Waals surface area contributed by atoms with Crippen LogP contribution in [0.1, 0.15) is 11.3 Å². The van der Waals surface area contributed by atoms with E-state index in [9.17, 15) is 17.9 Å². The molecular weight excluding hydrogens is 525 g/mol. The molecule has 14 heteroatoms. The van der Waals surface area contributed by atoms with Crippen molar-refractivity contribution >= 4 is 32.1 Å². The first-order valence-electron chi connectivity index (χ1n) is 11.8. The van der Waals surface area contributed by atoms with Crippen molar-refractivity contribution in [1.29, 1.82) is 0 Å². The summed E-state index contributed by atoms with van der Waals surface area (Å²) >= 11 is 0. The Bertz CT molecular complexity index is 1980. The third-order valence-corrected chi connectivity index (χ3v) is 6.83. The molecule has 1 aromatic carbocycles. The van der Waals surface area contributed by atoms with E-state index in [1.165, 1.54) is 12.1 Å². The molecule has 0 aliphatic heterocycles. The molecule has 0 atom stereocenters. The van der Waals surface area contributed by atoms with Crippen LogP contribution in [0.15, 0.2) is 48.9 Å².